The molecule has 2 aromatic rings. The van der Waals surface area contributed by atoms with Gasteiger partial charge in [0.2, 0.25) is 0 Å². The molecule has 1 aliphatic heterocycles. The van der Waals surface area contributed by atoms with Crippen molar-refractivity contribution >= 4 is 27.8 Å². The highest BCUT2D eigenvalue weighted by Gasteiger charge is 2.40. The second-order valence-electron chi connectivity index (χ2n) is 6.11. The van der Waals surface area contributed by atoms with Crippen LogP contribution >= 0.6 is 15.9 Å². The summed E-state index contributed by atoms with van der Waals surface area (Å²) in [7, 11) is 0. The van der Waals surface area contributed by atoms with Gasteiger partial charge in [0.25, 0.3) is 5.91 Å². The molecule has 2 unspecified atom stereocenters. The summed E-state index contributed by atoms with van der Waals surface area (Å²) in [5.41, 5.74) is 2.52. The summed E-state index contributed by atoms with van der Waals surface area (Å²) < 4.78 is 0.769. The molecule has 1 amide bonds. The number of nitrogens with zero attached hydrogens (tertiary/aromatic N) is 1. The summed E-state index contributed by atoms with van der Waals surface area (Å²) in [5.74, 6) is -1.76. The lowest BCUT2D eigenvalue weighted by Gasteiger charge is -2.18. The van der Waals surface area contributed by atoms with Gasteiger partial charge >= 0.3 is 5.97 Å². The Morgan fingerprint density at radius 2 is 1.79 bits per heavy atom. The summed E-state index contributed by atoms with van der Waals surface area (Å²) in [6.07, 6.45) is 0. The molecule has 0 saturated carbocycles. The number of hydrogen-bond donors (Lipinski definition) is 1. The molecule has 24 heavy (non-hydrogen) atoms. The Labute approximate surface area is 149 Å². The Balaban J connectivity index is 1.89. The van der Waals surface area contributed by atoms with E-state index in [1.54, 1.807) is 11.0 Å². The molecule has 1 saturated heterocycles. The second-order valence-corrected chi connectivity index (χ2v) is 6.90. The molecule has 0 aliphatic carbocycles. The zero-order valence-electron chi connectivity index (χ0n) is 13.3. The molecule has 1 aliphatic rings. The molecule has 2 aromatic carbocycles. The van der Waals surface area contributed by atoms with Crippen LogP contribution in [0.1, 0.15) is 27.4 Å². The fourth-order valence-corrected chi connectivity index (χ4v) is 3.67. The molecular formula is C19H18BrNO3. The van der Waals surface area contributed by atoms with Crippen molar-refractivity contribution in [3.63, 3.8) is 0 Å². The monoisotopic (exact) mass is 387 g/mol. The predicted molar refractivity (Wildman–Crippen MR) is 95.1 cm³/mol. The minimum absolute atomic E-state index is 0.129. The summed E-state index contributed by atoms with van der Waals surface area (Å²) >= 11 is 3.47. The minimum Gasteiger partial charge on any atom is -0.481 e. The summed E-state index contributed by atoms with van der Waals surface area (Å²) in [5, 5.41) is 9.57. The number of carboxylic acid groups (broad SMARTS) is 1. The normalized spacial score (nSPS) is 20.2. The van der Waals surface area contributed by atoms with Crippen molar-refractivity contribution in [3.05, 3.63) is 69.7 Å². The maximum absolute atomic E-state index is 12.9. The molecule has 0 spiro atoms. The van der Waals surface area contributed by atoms with Gasteiger partial charge in [0.15, 0.2) is 0 Å². The molecule has 1 heterocycles. The zero-order valence-corrected chi connectivity index (χ0v) is 14.9. The van der Waals surface area contributed by atoms with Gasteiger partial charge in [0.1, 0.15) is 0 Å². The van der Waals surface area contributed by atoms with Crippen molar-refractivity contribution in [1.82, 2.24) is 4.90 Å². The summed E-state index contributed by atoms with van der Waals surface area (Å²) in [4.78, 5) is 26.2. The van der Waals surface area contributed by atoms with Gasteiger partial charge in [0, 0.05) is 23.5 Å². The first-order chi connectivity index (χ1) is 11.5. The van der Waals surface area contributed by atoms with Crippen LogP contribution in [0.4, 0.5) is 0 Å². The van der Waals surface area contributed by atoms with E-state index < -0.39 is 11.9 Å². The number of carboxylic acids is 1. The van der Waals surface area contributed by atoms with Crippen molar-refractivity contribution in [2.45, 2.75) is 12.8 Å². The fourth-order valence-electron chi connectivity index (χ4n) is 3.24. The van der Waals surface area contributed by atoms with Crippen LogP contribution in [0, 0.1) is 12.8 Å². The Bertz CT molecular complexity index is 775. The number of aliphatic carboxylic acids is 1. The average molecular weight is 388 g/mol. The molecule has 0 bridgehead atoms. The quantitative estimate of drug-likeness (QED) is 0.873. The molecule has 4 nitrogen and oxygen atoms in total. The number of rotatable bonds is 3. The van der Waals surface area contributed by atoms with Crippen LogP contribution in [0.15, 0.2) is 53.0 Å². The summed E-state index contributed by atoms with van der Waals surface area (Å²) in [6, 6.07) is 15.1. The average Bonchev–Trinajstić information content (AvgIpc) is 3.03. The van der Waals surface area contributed by atoms with Gasteiger partial charge in [-0.25, -0.2) is 0 Å². The fraction of sp³-hybridized carbons (Fsp3) is 0.263. The second kappa shape index (κ2) is 6.77. The molecule has 3 rings (SSSR count). The van der Waals surface area contributed by atoms with Crippen molar-refractivity contribution < 1.29 is 14.7 Å². The van der Waals surface area contributed by atoms with E-state index in [4.69, 9.17) is 0 Å². The topological polar surface area (TPSA) is 57.6 Å². The van der Waals surface area contributed by atoms with Crippen molar-refractivity contribution in [3.8, 4) is 0 Å². The number of aryl methyl sites for hydroxylation is 1. The lowest BCUT2D eigenvalue weighted by atomic mass is 9.89. The SMILES string of the molecule is Cc1cccc(C(=O)N2CC(C(=O)O)C(c3ccccc3)C2)c1Br. The number of likely N-dealkylation sites (tertiary alicyclic amines) is 1. The zero-order chi connectivity index (χ0) is 17.3. The molecule has 5 heteroatoms. The van der Waals surface area contributed by atoms with Gasteiger partial charge in [-0.2, -0.15) is 0 Å². The molecule has 124 valence electrons. The van der Waals surface area contributed by atoms with Gasteiger partial charge < -0.3 is 10.0 Å². The number of carbonyl (C=O) groups excluding carboxylic acids is 1. The van der Waals surface area contributed by atoms with Crippen LogP contribution in [0.2, 0.25) is 0 Å². The number of benzene rings is 2. The highest BCUT2D eigenvalue weighted by molar-refractivity contribution is 9.10. The van der Waals surface area contributed by atoms with Crippen LogP contribution in [0.3, 0.4) is 0 Å². The first-order valence-corrected chi connectivity index (χ1v) is 8.60. The maximum Gasteiger partial charge on any atom is 0.308 e. The number of amides is 1. The van der Waals surface area contributed by atoms with Crippen molar-refractivity contribution in [2.75, 3.05) is 13.1 Å². The first kappa shape index (κ1) is 16.7. The molecule has 1 N–H and O–H groups in total. The highest BCUT2D eigenvalue weighted by Crippen LogP contribution is 2.34. The Morgan fingerprint density at radius 1 is 1.08 bits per heavy atom. The van der Waals surface area contributed by atoms with E-state index in [1.165, 1.54) is 0 Å². The van der Waals surface area contributed by atoms with E-state index in [0.29, 0.717) is 12.1 Å². The lowest BCUT2D eigenvalue weighted by Crippen LogP contribution is -2.30. The molecular weight excluding hydrogens is 370 g/mol. The largest absolute Gasteiger partial charge is 0.481 e. The maximum atomic E-state index is 12.9. The molecule has 0 radical (unpaired) electrons. The van der Waals surface area contributed by atoms with Gasteiger partial charge in [-0.1, -0.05) is 42.5 Å². The molecule has 1 fully saturated rings. The predicted octanol–water partition coefficient (Wildman–Crippen LogP) is 3.70. The minimum atomic E-state index is -0.859. The summed E-state index contributed by atoms with van der Waals surface area (Å²) in [6.45, 7) is 2.58. The van der Waals surface area contributed by atoms with Gasteiger partial charge in [-0.3, -0.25) is 9.59 Å². The van der Waals surface area contributed by atoms with E-state index in [2.05, 4.69) is 15.9 Å². The van der Waals surface area contributed by atoms with Gasteiger partial charge in [-0.05, 0) is 40.0 Å². The first-order valence-electron chi connectivity index (χ1n) is 7.81. The molecule has 2 atom stereocenters. The third kappa shape index (κ3) is 3.08. The van der Waals surface area contributed by atoms with Crippen LogP contribution < -0.4 is 0 Å². The Hall–Kier alpha value is -2.14. The van der Waals surface area contributed by atoms with Crippen LogP contribution in [0.5, 0.6) is 0 Å². The lowest BCUT2D eigenvalue weighted by molar-refractivity contribution is -0.141. The highest BCUT2D eigenvalue weighted by atomic mass is 79.9. The van der Waals surface area contributed by atoms with E-state index in [9.17, 15) is 14.7 Å². The van der Waals surface area contributed by atoms with Gasteiger partial charge in [0.05, 0.1) is 11.5 Å². The van der Waals surface area contributed by atoms with E-state index in [1.807, 2.05) is 49.4 Å². The van der Waals surface area contributed by atoms with Crippen LogP contribution in [-0.4, -0.2) is 35.0 Å². The molecule has 0 aromatic heterocycles. The Morgan fingerprint density at radius 3 is 2.46 bits per heavy atom. The van der Waals surface area contributed by atoms with E-state index in [0.717, 1.165) is 15.6 Å². The van der Waals surface area contributed by atoms with Crippen LogP contribution in [-0.2, 0) is 4.79 Å². The van der Waals surface area contributed by atoms with E-state index in [-0.39, 0.29) is 18.4 Å². The third-order valence-electron chi connectivity index (χ3n) is 4.57. The standard InChI is InChI=1S/C19H18BrNO3/c1-12-6-5-9-14(17(12)20)18(22)21-10-15(16(11-21)19(23)24)13-7-3-2-4-8-13/h2-9,15-16H,10-11H2,1H3,(H,23,24). The van der Waals surface area contributed by atoms with Crippen LogP contribution in [0.25, 0.3) is 0 Å². The van der Waals surface area contributed by atoms with Crippen molar-refractivity contribution in [2.24, 2.45) is 5.92 Å². The number of hydrogen-bond acceptors (Lipinski definition) is 2. The van der Waals surface area contributed by atoms with Gasteiger partial charge in [-0.15, -0.1) is 0 Å². The Kier molecular flexibility index (Phi) is 4.71. The third-order valence-corrected chi connectivity index (χ3v) is 5.63. The van der Waals surface area contributed by atoms with Crippen molar-refractivity contribution in [1.29, 1.82) is 0 Å². The van der Waals surface area contributed by atoms with E-state index >= 15 is 0 Å². The number of carbonyl (C=O) groups is 2. The number of halogens is 1. The smallest absolute Gasteiger partial charge is 0.308 e.